The van der Waals surface area contributed by atoms with E-state index in [0.717, 1.165) is 27.2 Å². The Morgan fingerprint density at radius 2 is 1.78 bits per heavy atom. The summed E-state index contributed by atoms with van der Waals surface area (Å²) in [5.74, 6) is -0.682. The van der Waals surface area contributed by atoms with Crippen LogP contribution in [0.5, 0.6) is 0 Å². The van der Waals surface area contributed by atoms with Crippen LogP contribution >= 0.6 is 15.9 Å². The van der Waals surface area contributed by atoms with Crippen molar-refractivity contribution in [3.8, 4) is 0 Å². The van der Waals surface area contributed by atoms with Gasteiger partial charge in [-0.05, 0) is 47.4 Å². The first-order chi connectivity index (χ1) is 15.5. The van der Waals surface area contributed by atoms with E-state index in [0.29, 0.717) is 18.7 Å². The SMILES string of the molecule is O=C(CNC(=O)C1CCCN1C(=O)Cc1cccc2ccccc12)Nc1cccc(Br)c1. The third kappa shape index (κ3) is 5.16. The van der Waals surface area contributed by atoms with Crippen molar-refractivity contribution in [2.75, 3.05) is 18.4 Å². The Hall–Kier alpha value is -3.19. The Balaban J connectivity index is 1.35. The van der Waals surface area contributed by atoms with Crippen LogP contribution in [0.3, 0.4) is 0 Å². The zero-order valence-electron chi connectivity index (χ0n) is 17.5. The number of fused-ring (bicyclic) bond motifs is 1. The second-order valence-corrected chi connectivity index (χ2v) is 8.75. The van der Waals surface area contributed by atoms with Gasteiger partial charge in [0, 0.05) is 16.7 Å². The molecular weight excluding hydrogens is 470 g/mol. The topological polar surface area (TPSA) is 78.5 Å². The number of carbonyl (C=O) groups excluding carboxylic acids is 3. The molecule has 1 saturated heterocycles. The third-order valence-electron chi connectivity index (χ3n) is 5.63. The van der Waals surface area contributed by atoms with Crippen LogP contribution in [0.15, 0.2) is 71.2 Å². The highest BCUT2D eigenvalue weighted by atomic mass is 79.9. The van der Waals surface area contributed by atoms with Gasteiger partial charge < -0.3 is 15.5 Å². The molecule has 3 aromatic rings. The van der Waals surface area contributed by atoms with Crippen LogP contribution in [0.2, 0.25) is 0 Å². The average Bonchev–Trinajstić information content (AvgIpc) is 3.28. The molecule has 32 heavy (non-hydrogen) atoms. The Kier molecular flexibility index (Phi) is 6.85. The number of anilines is 1. The van der Waals surface area contributed by atoms with Crippen LogP contribution in [0.25, 0.3) is 10.8 Å². The molecule has 1 aliphatic heterocycles. The number of benzene rings is 3. The van der Waals surface area contributed by atoms with Crippen molar-refractivity contribution < 1.29 is 14.4 Å². The molecule has 2 N–H and O–H groups in total. The van der Waals surface area contributed by atoms with E-state index in [2.05, 4.69) is 26.6 Å². The van der Waals surface area contributed by atoms with Gasteiger partial charge >= 0.3 is 0 Å². The van der Waals surface area contributed by atoms with Gasteiger partial charge in [0.05, 0.1) is 13.0 Å². The summed E-state index contributed by atoms with van der Waals surface area (Å²) < 4.78 is 0.852. The summed E-state index contributed by atoms with van der Waals surface area (Å²) in [6, 6.07) is 20.6. The van der Waals surface area contributed by atoms with Crippen molar-refractivity contribution in [2.24, 2.45) is 0 Å². The van der Waals surface area contributed by atoms with E-state index in [-0.39, 0.29) is 30.7 Å². The largest absolute Gasteiger partial charge is 0.345 e. The van der Waals surface area contributed by atoms with Gasteiger partial charge in [-0.3, -0.25) is 14.4 Å². The molecule has 0 aromatic heterocycles. The molecule has 1 heterocycles. The number of nitrogens with one attached hydrogen (secondary N) is 2. The summed E-state index contributed by atoms with van der Waals surface area (Å²) in [6.07, 6.45) is 1.61. The third-order valence-corrected chi connectivity index (χ3v) is 6.12. The van der Waals surface area contributed by atoms with E-state index in [1.165, 1.54) is 0 Å². The smallest absolute Gasteiger partial charge is 0.243 e. The van der Waals surface area contributed by atoms with Gasteiger partial charge in [-0.25, -0.2) is 0 Å². The van der Waals surface area contributed by atoms with Crippen LogP contribution in [0.4, 0.5) is 5.69 Å². The Morgan fingerprint density at radius 1 is 1.00 bits per heavy atom. The monoisotopic (exact) mass is 493 g/mol. The lowest BCUT2D eigenvalue weighted by Crippen LogP contribution is -2.48. The van der Waals surface area contributed by atoms with Gasteiger partial charge in [-0.2, -0.15) is 0 Å². The van der Waals surface area contributed by atoms with Crippen molar-refractivity contribution in [1.82, 2.24) is 10.2 Å². The lowest BCUT2D eigenvalue weighted by Gasteiger charge is -2.24. The van der Waals surface area contributed by atoms with Gasteiger partial charge in [0.2, 0.25) is 17.7 Å². The molecular formula is C25H24BrN3O3. The predicted octanol–water partition coefficient (Wildman–Crippen LogP) is 3.89. The Morgan fingerprint density at radius 3 is 2.62 bits per heavy atom. The molecule has 164 valence electrons. The molecule has 0 radical (unpaired) electrons. The van der Waals surface area contributed by atoms with E-state index < -0.39 is 6.04 Å². The highest BCUT2D eigenvalue weighted by molar-refractivity contribution is 9.10. The number of nitrogens with zero attached hydrogens (tertiary/aromatic N) is 1. The number of amides is 3. The Labute approximate surface area is 195 Å². The van der Waals surface area contributed by atoms with Gasteiger partial charge in [-0.15, -0.1) is 0 Å². The number of hydrogen-bond acceptors (Lipinski definition) is 3. The fraction of sp³-hybridized carbons (Fsp3) is 0.240. The van der Waals surface area contributed by atoms with Crippen LogP contribution in [0, 0.1) is 0 Å². The van der Waals surface area contributed by atoms with E-state index in [1.54, 1.807) is 17.0 Å². The van der Waals surface area contributed by atoms with Crippen LogP contribution < -0.4 is 10.6 Å². The molecule has 0 saturated carbocycles. The highest BCUT2D eigenvalue weighted by Gasteiger charge is 2.34. The molecule has 1 unspecified atom stereocenters. The fourth-order valence-electron chi connectivity index (χ4n) is 4.11. The van der Waals surface area contributed by atoms with E-state index in [1.807, 2.05) is 54.6 Å². The summed E-state index contributed by atoms with van der Waals surface area (Å²) in [4.78, 5) is 39.6. The van der Waals surface area contributed by atoms with Gasteiger partial charge in [0.25, 0.3) is 0 Å². The summed E-state index contributed by atoms with van der Waals surface area (Å²) >= 11 is 3.36. The molecule has 0 bridgehead atoms. The molecule has 0 spiro atoms. The Bertz CT molecular complexity index is 1160. The van der Waals surface area contributed by atoms with Crippen molar-refractivity contribution in [3.63, 3.8) is 0 Å². The maximum atomic E-state index is 13.0. The molecule has 1 atom stereocenters. The van der Waals surface area contributed by atoms with Gasteiger partial charge in [0.15, 0.2) is 0 Å². The van der Waals surface area contributed by atoms with E-state index in [9.17, 15) is 14.4 Å². The first-order valence-corrected chi connectivity index (χ1v) is 11.4. The van der Waals surface area contributed by atoms with E-state index >= 15 is 0 Å². The molecule has 7 heteroatoms. The molecule has 3 amide bonds. The van der Waals surface area contributed by atoms with Crippen LogP contribution in [0.1, 0.15) is 18.4 Å². The normalized spacial score (nSPS) is 15.5. The fourth-order valence-corrected chi connectivity index (χ4v) is 4.50. The van der Waals surface area contributed by atoms with Crippen molar-refractivity contribution in [1.29, 1.82) is 0 Å². The minimum atomic E-state index is -0.545. The van der Waals surface area contributed by atoms with Crippen LogP contribution in [-0.4, -0.2) is 41.8 Å². The second kappa shape index (κ2) is 9.96. The summed E-state index contributed by atoms with van der Waals surface area (Å²) in [7, 11) is 0. The number of carbonyl (C=O) groups is 3. The lowest BCUT2D eigenvalue weighted by atomic mass is 10.0. The van der Waals surface area contributed by atoms with Crippen molar-refractivity contribution in [2.45, 2.75) is 25.3 Å². The zero-order valence-corrected chi connectivity index (χ0v) is 19.1. The number of rotatable bonds is 6. The van der Waals surface area contributed by atoms with Gasteiger partial charge in [0.1, 0.15) is 6.04 Å². The van der Waals surface area contributed by atoms with Crippen molar-refractivity contribution in [3.05, 3.63) is 76.8 Å². The molecule has 6 nitrogen and oxygen atoms in total. The van der Waals surface area contributed by atoms with E-state index in [4.69, 9.17) is 0 Å². The predicted molar refractivity (Wildman–Crippen MR) is 128 cm³/mol. The molecule has 3 aromatic carbocycles. The summed E-state index contributed by atoms with van der Waals surface area (Å²) in [5, 5.41) is 7.57. The molecule has 0 aliphatic carbocycles. The van der Waals surface area contributed by atoms with Gasteiger partial charge in [-0.1, -0.05) is 64.5 Å². The van der Waals surface area contributed by atoms with Crippen LogP contribution in [-0.2, 0) is 20.8 Å². The second-order valence-electron chi connectivity index (χ2n) is 7.84. The standard InChI is InChI=1S/C25H24BrN3O3/c26-19-9-4-10-20(15-19)28-23(30)16-27-25(32)22-12-5-13-29(22)24(31)14-18-8-3-7-17-6-1-2-11-21(17)18/h1-4,6-11,15,22H,5,12-14,16H2,(H,27,32)(H,28,30). The maximum absolute atomic E-state index is 13.0. The zero-order chi connectivity index (χ0) is 22.5. The minimum Gasteiger partial charge on any atom is -0.345 e. The first-order valence-electron chi connectivity index (χ1n) is 10.6. The molecule has 1 aliphatic rings. The lowest BCUT2D eigenvalue weighted by molar-refractivity contribution is -0.138. The number of hydrogen-bond donors (Lipinski definition) is 2. The quantitative estimate of drug-likeness (QED) is 0.546. The maximum Gasteiger partial charge on any atom is 0.243 e. The average molecular weight is 494 g/mol. The summed E-state index contributed by atoms with van der Waals surface area (Å²) in [6.45, 7) is 0.402. The molecule has 1 fully saturated rings. The number of halogens is 1. The van der Waals surface area contributed by atoms with Crippen molar-refractivity contribution >= 4 is 50.1 Å². The minimum absolute atomic E-state index is 0.0717. The summed E-state index contributed by atoms with van der Waals surface area (Å²) in [5.41, 5.74) is 1.60. The number of likely N-dealkylation sites (tertiary alicyclic amines) is 1. The first kappa shape index (κ1) is 22.0. The molecule has 4 rings (SSSR count). The highest BCUT2D eigenvalue weighted by Crippen LogP contribution is 2.23.